The monoisotopic (exact) mass is 262 g/mol. The average molecular weight is 262 g/mol. The second kappa shape index (κ2) is 6.45. The molecule has 1 saturated heterocycles. The van der Waals surface area contributed by atoms with Crippen molar-refractivity contribution in [3.05, 3.63) is 29.8 Å². The van der Waals surface area contributed by atoms with Crippen molar-refractivity contribution in [3.8, 4) is 5.75 Å². The van der Waals surface area contributed by atoms with Crippen LogP contribution in [0.1, 0.15) is 25.3 Å². The Morgan fingerprint density at radius 2 is 1.95 bits per heavy atom. The van der Waals surface area contributed by atoms with E-state index in [1.165, 1.54) is 0 Å². The number of ether oxygens (including phenoxy) is 1. The number of nitrogens with one attached hydrogen (secondary N) is 1. The highest BCUT2D eigenvalue weighted by atomic mass is 16.5. The minimum absolute atomic E-state index is 0.0442. The first-order chi connectivity index (χ1) is 9.19. The van der Waals surface area contributed by atoms with E-state index in [1.54, 1.807) is 7.11 Å². The summed E-state index contributed by atoms with van der Waals surface area (Å²) >= 11 is 0. The zero-order chi connectivity index (χ0) is 13.7. The van der Waals surface area contributed by atoms with Gasteiger partial charge in [-0.3, -0.25) is 0 Å². The summed E-state index contributed by atoms with van der Waals surface area (Å²) < 4.78 is 5.10. The van der Waals surface area contributed by atoms with Gasteiger partial charge in [0.25, 0.3) is 0 Å². The zero-order valence-corrected chi connectivity index (χ0v) is 11.7. The topological polar surface area (TPSA) is 41.6 Å². The van der Waals surface area contributed by atoms with Gasteiger partial charge in [-0.2, -0.15) is 0 Å². The van der Waals surface area contributed by atoms with Crippen LogP contribution in [0.2, 0.25) is 0 Å². The lowest BCUT2D eigenvalue weighted by Crippen LogP contribution is -2.43. The highest BCUT2D eigenvalue weighted by molar-refractivity contribution is 5.74. The summed E-state index contributed by atoms with van der Waals surface area (Å²) in [7, 11) is 1.65. The van der Waals surface area contributed by atoms with Gasteiger partial charge >= 0.3 is 6.03 Å². The van der Waals surface area contributed by atoms with Gasteiger partial charge in [0.15, 0.2) is 0 Å². The van der Waals surface area contributed by atoms with E-state index >= 15 is 0 Å². The average Bonchev–Trinajstić information content (AvgIpc) is 2.46. The van der Waals surface area contributed by atoms with Crippen LogP contribution in [-0.2, 0) is 6.54 Å². The highest BCUT2D eigenvalue weighted by Crippen LogP contribution is 2.16. The summed E-state index contributed by atoms with van der Waals surface area (Å²) in [5, 5.41) is 2.97. The third-order valence-electron chi connectivity index (χ3n) is 3.67. The van der Waals surface area contributed by atoms with Crippen molar-refractivity contribution in [1.82, 2.24) is 10.2 Å². The molecule has 4 heteroatoms. The van der Waals surface area contributed by atoms with E-state index in [1.807, 2.05) is 29.2 Å². The molecule has 0 saturated carbocycles. The predicted molar refractivity (Wildman–Crippen MR) is 75.2 cm³/mol. The largest absolute Gasteiger partial charge is 0.497 e. The van der Waals surface area contributed by atoms with Crippen molar-refractivity contribution in [1.29, 1.82) is 0 Å². The van der Waals surface area contributed by atoms with Crippen LogP contribution < -0.4 is 10.1 Å². The summed E-state index contributed by atoms with van der Waals surface area (Å²) in [6, 6.07) is 7.80. The van der Waals surface area contributed by atoms with Crippen molar-refractivity contribution in [3.63, 3.8) is 0 Å². The number of urea groups is 1. The number of likely N-dealkylation sites (tertiary alicyclic amines) is 1. The van der Waals surface area contributed by atoms with Gasteiger partial charge in [0.2, 0.25) is 0 Å². The Bertz CT molecular complexity index is 409. The molecule has 0 aromatic heterocycles. The number of amides is 2. The number of rotatable bonds is 3. The fourth-order valence-corrected chi connectivity index (χ4v) is 2.24. The summed E-state index contributed by atoms with van der Waals surface area (Å²) in [5.41, 5.74) is 1.08. The third-order valence-corrected chi connectivity index (χ3v) is 3.67. The molecule has 1 aliphatic heterocycles. The quantitative estimate of drug-likeness (QED) is 0.910. The van der Waals surface area contributed by atoms with Crippen LogP contribution in [0.25, 0.3) is 0 Å². The number of hydrogen-bond acceptors (Lipinski definition) is 2. The smallest absolute Gasteiger partial charge is 0.317 e. The molecule has 1 aromatic rings. The minimum Gasteiger partial charge on any atom is -0.497 e. The molecule has 1 aromatic carbocycles. The van der Waals surface area contributed by atoms with Crippen LogP contribution >= 0.6 is 0 Å². The van der Waals surface area contributed by atoms with Gasteiger partial charge in [-0.1, -0.05) is 19.1 Å². The third kappa shape index (κ3) is 3.88. The normalized spacial score (nSPS) is 16.2. The summed E-state index contributed by atoms with van der Waals surface area (Å²) in [6.45, 7) is 4.55. The van der Waals surface area contributed by atoms with Crippen LogP contribution in [0, 0.1) is 5.92 Å². The molecule has 0 radical (unpaired) electrons. The molecule has 4 nitrogen and oxygen atoms in total. The zero-order valence-electron chi connectivity index (χ0n) is 11.7. The molecule has 0 unspecified atom stereocenters. The van der Waals surface area contributed by atoms with Crippen LogP contribution in [-0.4, -0.2) is 31.1 Å². The molecule has 0 aliphatic carbocycles. The van der Waals surface area contributed by atoms with E-state index in [4.69, 9.17) is 4.74 Å². The molecule has 1 heterocycles. The Hall–Kier alpha value is -1.71. The molecule has 0 spiro atoms. The van der Waals surface area contributed by atoms with E-state index < -0.39 is 0 Å². The van der Waals surface area contributed by atoms with Crippen LogP contribution in [0.5, 0.6) is 5.75 Å². The number of hydrogen-bond donors (Lipinski definition) is 1. The van der Waals surface area contributed by atoms with Crippen molar-refractivity contribution >= 4 is 6.03 Å². The first kappa shape index (κ1) is 13.7. The molecular weight excluding hydrogens is 240 g/mol. The molecule has 1 aliphatic rings. The van der Waals surface area contributed by atoms with Crippen molar-refractivity contribution in [2.24, 2.45) is 5.92 Å². The molecular formula is C15H22N2O2. The molecule has 19 heavy (non-hydrogen) atoms. The van der Waals surface area contributed by atoms with Crippen LogP contribution in [0.15, 0.2) is 24.3 Å². The van der Waals surface area contributed by atoms with Crippen LogP contribution in [0.3, 0.4) is 0 Å². The number of benzene rings is 1. The second-order valence-electron chi connectivity index (χ2n) is 5.18. The SMILES string of the molecule is COc1ccc(CNC(=O)N2CCC(C)CC2)cc1. The Morgan fingerprint density at radius 1 is 1.32 bits per heavy atom. The van der Waals surface area contributed by atoms with E-state index in [-0.39, 0.29) is 6.03 Å². The maximum Gasteiger partial charge on any atom is 0.317 e. The van der Waals surface area contributed by atoms with Gasteiger partial charge in [0.05, 0.1) is 7.11 Å². The fourth-order valence-electron chi connectivity index (χ4n) is 2.24. The first-order valence-electron chi connectivity index (χ1n) is 6.84. The minimum atomic E-state index is 0.0442. The number of piperidine rings is 1. The Labute approximate surface area is 114 Å². The number of carbonyl (C=O) groups is 1. The molecule has 0 atom stereocenters. The van der Waals surface area contributed by atoms with Crippen LogP contribution in [0.4, 0.5) is 4.79 Å². The van der Waals surface area contributed by atoms with Crippen molar-refractivity contribution in [2.45, 2.75) is 26.3 Å². The lowest BCUT2D eigenvalue weighted by molar-refractivity contribution is 0.173. The first-order valence-corrected chi connectivity index (χ1v) is 6.84. The molecule has 2 amide bonds. The second-order valence-corrected chi connectivity index (χ2v) is 5.18. The predicted octanol–water partition coefficient (Wildman–Crippen LogP) is 2.64. The number of carbonyl (C=O) groups excluding carboxylic acids is 1. The lowest BCUT2D eigenvalue weighted by Gasteiger charge is -2.30. The Kier molecular flexibility index (Phi) is 4.66. The Balaban J connectivity index is 1.79. The summed E-state index contributed by atoms with van der Waals surface area (Å²) in [4.78, 5) is 13.9. The summed E-state index contributed by atoms with van der Waals surface area (Å²) in [5.74, 6) is 1.57. The number of methoxy groups -OCH3 is 1. The van der Waals surface area contributed by atoms with Gasteiger partial charge in [0.1, 0.15) is 5.75 Å². The summed E-state index contributed by atoms with van der Waals surface area (Å²) in [6.07, 6.45) is 2.21. The van der Waals surface area contributed by atoms with Crippen molar-refractivity contribution in [2.75, 3.05) is 20.2 Å². The van der Waals surface area contributed by atoms with E-state index in [9.17, 15) is 4.79 Å². The van der Waals surface area contributed by atoms with Gasteiger partial charge in [-0.15, -0.1) is 0 Å². The number of nitrogens with zero attached hydrogens (tertiary/aromatic N) is 1. The van der Waals surface area contributed by atoms with E-state index in [2.05, 4.69) is 12.2 Å². The standard InChI is InChI=1S/C15H22N2O2/c1-12-7-9-17(10-8-12)15(18)16-11-13-3-5-14(19-2)6-4-13/h3-6,12H,7-11H2,1-2H3,(H,16,18). The highest BCUT2D eigenvalue weighted by Gasteiger charge is 2.19. The molecule has 1 N–H and O–H groups in total. The Morgan fingerprint density at radius 3 is 2.53 bits per heavy atom. The molecule has 0 bridgehead atoms. The molecule has 1 fully saturated rings. The van der Waals surface area contributed by atoms with Gasteiger partial charge < -0.3 is 15.0 Å². The van der Waals surface area contributed by atoms with E-state index in [0.717, 1.165) is 43.2 Å². The maximum absolute atomic E-state index is 12.0. The molecule has 2 rings (SSSR count). The van der Waals surface area contributed by atoms with Crippen molar-refractivity contribution < 1.29 is 9.53 Å². The maximum atomic E-state index is 12.0. The molecule has 104 valence electrons. The van der Waals surface area contributed by atoms with Gasteiger partial charge in [0, 0.05) is 19.6 Å². The fraction of sp³-hybridized carbons (Fsp3) is 0.533. The van der Waals surface area contributed by atoms with Gasteiger partial charge in [-0.25, -0.2) is 4.79 Å². The van der Waals surface area contributed by atoms with Gasteiger partial charge in [-0.05, 0) is 36.5 Å². The van der Waals surface area contributed by atoms with E-state index in [0.29, 0.717) is 6.54 Å². The lowest BCUT2D eigenvalue weighted by atomic mass is 10.00.